The molecule has 1 atom stereocenters. The molecule has 1 unspecified atom stereocenters. The maximum Gasteiger partial charge on any atom is 0.231 e. The van der Waals surface area contributed by atoms with E-state index >= 15 is 0 Å². The van der Waals surface area contributed by atoms with Gasteiger partial charge in [-0.2, -0.15) is 0 Å². The number of benzene rings is 2. The molecule has 0 saturated carbocycles. The predicted octanol–water partition coefficient (Wildman–Crippen LogP) is 4.31. The number of carbonyl (C=O) groups excluding carboxylic acids is 1. The number of aromatic nitrogens is 1. The summed E-state index contributed by atoms with van der Waals surface area (Å²) in [5.74, 6) is -2.63. The number of halogens is 2. The number of nitrogens with one attached hydrogen (secondary N) is 1. The van der Waals surface area contributed by atoms with E-state index in [1.807, 2.05) is 44.2 Å². The lowest BCUT2D eigenvalue weighted by atomic mass is 9.85. The van der Waals surface area contributed by atoms with Crippen molar-refractivity contribution in [3.63, 3.8) is 0 Å². The summed E-state index contributed by atoms with van der Waals surface area (Å²) in [6.07, 6.45) is 1.77. The number of amides is 1. The first-order chi connectivity index (χ1) is 16.9. The van der Waals surface area contributed by atoms with Crippen LogP contribution in [0.1, 0.15) is 47.2 Å². The summed E-state index contributed by atoms with van der Waals surface area (Å²) in [7, 11) is 0. The fourth-order valence-electron chi connectivity index (χ4n) is 4.90. The van der Waals surface area contributed by atoms with Gasteiger partial charge in [0.15, 0.2) is 0 Å². The molecule has 184 valence electrons. The van der Waals surface area contributed by atoms with E-state index in [0.29, 0.717) is 17.9 Å². The van der Waals surface area contributed by atoms with Crippen LogP contribution in [0.5, 0.6) is 0 Å². The zero-order chi connectivity index (χ0) is 24.9. The zero-order valence-corrected chi connectivity index (χ0v) is 20.3. The Morgan fingerprint density at radius 1 is 1.14 bits per heavy atom. The van der Waals surface area contributed by atoms with Crippen molar-refractivity contribution in [3.8, 4) is 11.3 Å². The average molecular weight is 479 g/mol. The van der Waals surface area contributed by atoms with Gasteiger partial charge >= 0.3 is 0 Å². The van der Waals surface area contributed by atoms with Crippen LogP contribution in [0.2, 0.25) is 0 Å². The van der Waals surface area contributed by atoms with Crippen molar-refractivity contribution in [2.75, 3.05) is 26.2 Å². The summed E-state index contributed by atoms with van der Waals surface area (Å²) < 4.78 is 28.4. The Bertz CT molecular complexity index is 1210. The van der Waals surface area contributed by atoms with E-state index in [1.165, 1.54) is 12.1 Å². The first kappa shape index (κ1) is 24.9. The maximum atomic E-state index is 14.8. The maximum absolute atomic E-state index is 14.8. The number of rotatable bonds is 7. The molecule has 3 aromatic rings. The van der Waals surface area contributed by atoms with E-state index in [0.717, 1.165) is 67.3 Å². The third-order valence-electron chi connectivity index (χ3n) is 6.62. The number of nitrogens with zero attached hydrogens (tertiary/aromatic N) is 2. The number of carbonyl (C=O) groups is 1. The first-order valence-electron chi connectivity index (χ1n) is 12.1. The minimum absolute atomic E-state index is 0.191. The molecule has 3 N–H and O–H groups in total. The Labute approximate surface area is 205 Å². The van der Waals surface area contributed by atoms with Crippen LogP contribution in [0.3, 0.4) is 0 Å². The molecule has 1 saturated heterocycles. The summed E-state index contributed by atoms with van der Waals surface area (Å²) in [4.78, 5) is 19.9. The molecule has 2 aromatic carbocycles. The second kappa shape index (κ2) is 11.1. The molecule has 4 rings (SSSR count). The number of pyridine rings is 1. The molecule has 1 aromatic heterocycles. The van der Waals surface area contributed by atoms with Gasteiger partial charge in [-0.05, 0) is 79.4 Å². The third kappa shape index (κ3) is 5.74. The zero-order valence-electron chi connectivity index (χ0n) is 20.3. The first-order valence-corrected chi connectivity index (χ1v) is 12.1. The lowest BCUT2D eigenvalue weighted by Gasteiger charge is -2.23. The van der Waals surface area contributed by atoms with Gasteiger partial charge in [-0.25, -0.2) is 8.78 Å². The Morgan fingerprint density at radius 2 is 1.97 bits per heavy atom. The highest BCUT2D eigenvalue weighted by Crippen LogP contribution is 2.33. The molecule has 0 aliphatic carbocycles. The molecule has 1 fully saturated rings. The molecule has 0 spiro atoms. The SMILES string of the molecule is CCc1cccc(C)c1C(C(N)=O)c1cc(CN2CCCNCC2)cc(-c2ccc(F)cc2F)n1. The Hall–Kier alpha value is -3.16. The fraction of sp³-hybridized carbons (Fsp3) is 0.357. The molecule has 7 heteroatoms. The number of hydrogen-bond donors (Lipinski definition) is 2. The van der Waals surface area contributed by atoms with Crippen molar-refractivity contribution < 1.29 is 13.6 Å². The standard InChI is InChI=1S/C28H32F2N4O/c1-3-20-7-4-6-18(2)26(20)27(28(31)35)25-15-19(17-34-12-5-10-32-11-13-34)14-24(33-25)22-9-8-21(29)16-23(22)30/h4,6-9,14-16,27,32H,3,5,10-13,17H2,1-2H3,(H2,31,35). The normalized spacial score (nSPS) is 15.5. The van der Waals surface area contributed by atoms with E-state index in [1.54, 1.807) is 0 Å². The minimum Gasteiger partial charge on any atom is -0.369 e. The van der Waals surface area contributed by atoms with Crippen LogP contribution >= 0.6 is 0 Å². The molecule has 1 aliphatic rings. The molecule has 1 amide bonds. The highest BCUT2D eigenvalue weighted by Gasteiger charge is 2.27. The molecular weight excluding hydrogens is 446 g/mol. The lowest BCUT2D eigenvalue weighted by Crippen LogP contribution is -2.28. The van der Waals surface area contributed by atoms with Crippen LogP contribution in [-0.4, -0.2) is 42.0 Å². The van der Waals surface area contributed by atoms with E-state index in [4.69, 9.17) is 10.7 Å². The number of hydrogen-bond acceptors (Lipinski definition) is 4. The second-order valence-corrected chi connectivity index (χ2v) is 9.13. The van der Waals surface area contributed by atoms with Crippen LogP contribution < -0.4 is 11.1 Å². The minimum atomic E-state index is -0.779. The van der Waals surface area contributed by atoms with Gasteiger partial charge in [0.05, 0.1) is 11.4 Å². The van der Waals surface area contributed by atoms with Crippen LogP contribution in [0.15, 0.2) is 48.5 Å². The van der Waals surface area contributed by atoms with Gasteiger partial charge in [0.25, 0.3) is 0 Å². The number of nitrogens with two attached hydrogens (primary N) is 1. The number of aryl methyl sites for hydroxylation is 2. The molecule has 2 heterocycles. The van der Waals surface area contributed by atoms with Gasteiger partial charge < -0.3 is 11.1 Å². The molecule has 0 bridgehead atoms. The van der Waals surface area contributed by atoms with E-state index in [9.17, 15) is 13.6 Å². The lowest BCUT2D eigenvalue weighted by molar-refractivity contribution is -0.118. The second-order valence-electron chi connectivity index (χ2n) is 9.13. The van der Waals surface area contributed by atoms with Crippen molar-refractivity contribution >= 4 is 5.91 Å². The molecule has 0 radical (unpaired) electrons. The summed E-state index contributed by atoms with van der Waals surface area (Å²) in [6.45, 7) is 8.31. The van der Waals surface area contributed by atoms with Gasteiger partial charge in [-0.15, -0.1) is 0 Å². The predicted molar refractivity (Wildman–Crippen MR) is 134 cm³/mol. The van der Waals surface area contributed by atoms with E-state index in [-0.39, 0.29) is 5.56 Å². The molecular formula is C28H32F2N4O. The summed E-state index contributed by atoms with van der Waals surface area (Å²) >= 11 is 0. The van der Waals surface area contributed by atoms with Gasteiger partial charge in [-0.3, -0.25) is 14.7 Å². The van der Waals surface area contributed by atoms with Crippen LogP contribution in [-0.2, 0) is 17.8 Å². The largest absolute Gasteiger partial charge is 0.369 e. The van der Waals surface area contributed by atoms with E-state index in [2.05, 4.69) is 10.2 Å². The highest BCUT2D eigenvalue weighted by atomic mass is 19.1. The Kier molecular flexibility index (Phi) is 7.88. The molecule has 35 heavy (non-hydrogen) atoms. The molecule has 1 aliphatic heterocycles. The summed E-state index contributed by atoms with van der Waals surface area (Å²) in [5.41, 5.74) is 10.7. The van der Waals surface area contributed by atoms with Crippen LogP contribution in [0, 0.1) is 18.6 Å². The average Bonchev–Trinajstić information content (AvgIpc) is 3.08. The van der Waals surface area contributed by atoms with Crippen molar-refractivity contribution in [1.29, 1.82) is 0 Å². The smallest absolute Gasteiger partial charge is 0.231 e. The van der Waals surface area contributed by atoms with E-state index < -0.39 is 23.5 Å². The van der Waals surface area contributed by atoms with Gasteiger partial charge in [-0.1, -0.05) is 25.1 Å². The van der Waals surface area contributed by atoms with Crippen LogP contribution in [0.25, 0.3) is 11.3 Å². The van der Waals surface area contributed by atoms with Gasteiger partial charge in [0.1, 0.15) is 17.6 Å². The van der Waals surface area contributed by atoms with Gasteiger partial charge in [0, 0.05) is 31.3 Å². The van der Waals surface area contributed by atoms with Crippen LogP contribution in [0.4, 0.5) is 8.78 Å². The van der Waals surface area contributed by atoms with Gasteiger partial charge in [0.2, 0.25) is 5.91 Å². The Morgan fingerprint density at radius 3 is 2.71 bits per heavy atom. The topological polar surface area (TPSA) is 71.2 Å². The van der Waals surface area contributed by atoms with Crippen molar-refractivity contribution in [2.24, 2.45) is 5.73 Å². The number of primary amides is 1. The monoisotopic (exact) mass is 478 g/mol. The molecule has 5 nitrogen and oxygen atoms in total. The summed E-state index contributed by atoms with van der Waals surface area (Å²) in [5, 5.41) is 3.40. The fourth-order valence-corrected chi connectivity index (χ4v) is 4.90. The third-order valence-corrected chi connectivity index (χ3v) is 6.62. The Balaban J connectivity index is 1.86. The van der Waals surface area contributed by atoms with Crippen molar-refractivity contribution in [2.45, 2.75) is 39.2 Å². The quantitative estimate of drug-likeness (QED) is 0.531. The summed E-state index contributed by atoms with van der Waals surface area (Å²) in [6, 6.07) is 13.1. The van der Waals surface area contributed by atoms with Crippen molar-refractivity contribution in [3.05, 3.63) is 88.1 Å². The highest BCUT2D eigenvalue weighted by molar-refractivity contribution is 5.86. The van der Waals surface area contributed by atoms with Crippen molar-refractivity contribution in [1.82, 2.24) is 15.2 Å².